The van der Waals surface area contributed by atoms with E-state index in [4.69, 9.17) is 49.5 Å². The highest BCUT2D eigenvalue weighted by Crippen LogP contribution is 2.55. The Morgan fingerprint density at radius 3 is 2.62 bits per heavy atom. The van der Waals surface area contributed by atoms with Gasteiger partial charge in [0.15, 0.2) is 25.7 Å². The zero-order chi connectivity index (χ0) is 34.6. The van der Waals surface area contributed by atoms with E-state index in [9.17, 15) is 19.1 Å². The molecule has 3 aliphatic rings. The Morgan fingerprint density at radius 2 is 1.92 bits per heavy atom. The summed E-state index contributed by atoms with van der Waals surface area (Å²) in [5.74, 6) is -0.385. The Morgan fingerprint density at radius 1 is 1.15 bits per heavy atom. The molecule has 2 aliphatic heterocycles. The van der Waals surface area contributed by atoms with E-state index in [0.717, 1.165) is 0 Å². The van der Waals surface area contributed by atoms with E-state index in [0.29, 0.717) is 12.3 Å². The van der Waals surface area contributed by atoms with Crippen LogP contribution in [0.15, 0.2) is 29.7 Å². The Hall–Kier alpha value is -2.19. The zero-order valence-corrected chi connectivity index (χ0v) is 30.5. The molecule has 22 heteroatoms. The number of phosphoric ester groups is 1. The molecule has 1 aliphatic carbocycles. The van der Waals surface area contributed by atoms with Crippen molar-refractivity contribution < 1.29 is 46.3 Å². The number of rotatable bonds is 5. The quantitative estimate of drug-likeness (QED) is 0.217. The number of aromatic nitrogens is 6. The topological polar surface area (TPSA) is 238 Å². The van der Waals surface area contributed by atoms with Crippen molar-refractivity contribution in [3.63, 3.8) is 0 Å². The van der Waals surface area contributed by atoms with E-state index in [1.807, 2.05) is 33.9 Å². The second-order valence-corrected chi connectivity index (χ2v) is 22.4. The molecule has 48 heavy (non-hydrogen) atoms. The largest absolute Gasteiger partial charge is 0.474 e. The average molecular weight is 748 g/mol. The van der Waals surface area contributed by atoms with Crippen LogP contribution in [0.4, 0.5) is 5.95 Å². The molecule has 5 heterocycles. The third-order valence-electron chi connectivity index (χ3n) is 9.05. The van der Waals surface area contributed by atoms with Crippen molar-refractivity contribution in [1.82, 2.24) is 29.5 Å². The van der Waals surface area contributed by atoms with Gasteiger partial charge in [0, 0.05) is 24.6 Å². The molecule has 264 valence electrons. The first-order chi connectivity index (χ1) is 22.4. The van der Waals surface area contributed by atoms with Gasteiger partial charge in [-0.3, -0.25) is 27.9 Å². The summed E-state index contributed by atoms with van der Waals surface area (Å²) in [6.45, 7) is 5.37. The molecular weight excluding hydrogens is 708 g/mol. The van der Waals surface area contributed by atoms with Crippen molar-refractivity contribution in [2.24, 2.45) is 5.92 Å². The normalized spacial score (nSPS) is 35.0. The van der Waals surface area contributed by atoms with Crippen LogP contribution in [0.3, 0.4) is 0 Å². The van der Waals surface area contributed by atoms with Crippen LogP contribution in [0, 0.1) is 5.92 Å². The minimum Gasteiger partial charge on any atom is -0.474 e. The van der Waals surface area contributed by atoms with Crippen LogP contribution < -0.4 is 16.0 Å². The maximum atomic E-state index is 13.4. The fourth-order valence-corrected chi connectivity index (χ4v) is 9.44. The fourth-order valence-electron chi connectivity index (χ4n) is 5.67. The van der Waals surface area contributed by atoms with Crippen molar-refractivity contribution in [1.29, 1.82) is 0 Å². The van der Waals surface area contributed by atoms with Crippen molar-refractivity contribution in [2.45, 2.75) is 88.5 Å². The smallest absolute Gasteiger partial charge is 0.472 e. The van der Waals surface area contributed by atoms with Crippen molar-refractivity contribution >= 4 is 51.8 Å². The van der Waals surface area contributed by atoms with Crippen LogP contribution in [0.2, 0.25) is 18.1 Å². The lowest BCUT2D eigenvalue weighted by atomic mass is 10.1. The van der Waals surface area contributed by atoms with Crippen molar-refractivity contribution in [3.05, 3.63) is 35.3 Å². The van der Waals surface area contributed by atoms with E-state index in [-0.39, 0.29) is 35.2 Å². The first-order valence-corrected chi connectivity index (χ1v) is 22.2. The molecule has 9 atom stereocenters. The Balaban J connectivity index is 1.36. The summed E-state index contributed by atoms with van der Waals surface area (Å²) >= 11 is 5.53. The zero-order valence-electron chi connectivity index (χ0n) is 26.9. The lowest BCUT2D eigenvalue weighted by Gasteiger charge is -2.40. The predicted molar refractivity (Wildman–Crippen MR) is 176 cm³/mol. The third-order valence-corrected chi connectivity index (χ3v) is 16.1. The summed E-state index contributed by atoms with van der Waals surface area (Å²) < 4.78 is 57.3. The number of fused-ring (bicyclic) bond motifs is 4. The molecule has 0 aromatic carbocycles. The van der Waals surface area contributed by atoms with Gasteiger partial charge in [0.25, 0.3) is 5.56 Å². The van der Waals surface area contributed by atoms with E-state index in [2.05, 4.69) is 24.9 Å². The lowest BCUT2D eigenvalue weighted by Crippen LogP contribution is -2.50. The first kappa shape index (κ1) is 35.6. The van der Waals surface area contributed by atoms with Gasteiger partial charge in [0.2, 0.25) is 11.8 Å². The van der Waals surface area contributed by atoms with Gasteiger partial charge >= 0.3 is 14.5 Å². The highest BCUT2D eigenvalue weighted by molar-refractivity contribution is 8.07. The number of anilines is 1. The molecule has 0 amide bonds. The van der Waals surface area contributed by atoms with Gasteiger partial charge in [-0.1, -0.05) is 20.8 Å². The number of ether oxygens (including phenoxy) is 2. The number of H-pyrrole nitrogens is 1. The van der Waals surface area contributed by atoms with Crippen LogP contribution in [-0.4, -0.2) is 91.3 Å². The minimum absolute atomic E-state index is 0.0264. The number of nitrogens with one attached hydrogen (secondary N) is 1. The second-order valence-electron chi connectivity index (χ2n) is 13.4. The summed E-state index contributed by atoms with van der Waals surface area (Å²) in [5, 5.41) is -0.290. The van der Waals surface area contributed by atoms with Crippen molar-refractivity contribution in [3.8, 4) is 5.88 Å². The highest BCUT2D eigenvalue weighted by Gasteiger charge is 2.54. The molecule has 3 aromatic rings. The van der Waals surface area contributed by atoms with Crippen LogP contribution in [0.1, 0.15) is 39.8 Å². The molecule has 3 aromatic heterocycles. The molecular formula is C26H39N7O11P2SSi. The van der Waals surface area contributed by atoms with Gasteiger partial charge < -0.3 is 33.9 Å². The van der Waals surface area contributed by atoms with E-state index >= 15 is 0 Å². The summed E-state index contributed by atoms with van der Waals surface area (Å²) in [6, 6.07) is 1.59. The van der Waals surface area contributed by atoms with Gasteiger partial charge in [-0.15, -0.1) is 0 Å². The summed E-state index contributed by atoms with van der Waals surface area (Å²) in [6.07, 6.45) is -1.04. The third kappa shape index (κ3) is 7.59. The number of phosphoric acid groups is 1. The summed E-state index contributed by atoms with van der Waals surface area (Å²) in [4.78, 5) is 53.8. The van der Waals surface area contributed by atoms with Gasteiger partial charge in [-0.2, -0.15) is 4.98 Å². The Bertz CT molecular complexity index is 1790. The number of hydrogen-bond acceptors (Lipinski definition) is 15. The Kier molecular flexibility index (Phi) is 9.77. The molecule has 6 rings (SSSR count). The SMILES string of the molecule is CC(C)(C)[Si](C)(C)OC1[C@H]2OP(O)(=S)OCC3C[C@@H](Oc4ccncn4)C[C@@H]3OP(=O)(O)OC[C@H]1O[C@H]2n1cnc2c(=O)[nH]c(N)nc21. The molecule has 2 bridgehead atoms. The van der Waals surface area contributed by atoms with Crippen LogP contribution >= 0.6 is 14.5 Å². The van der Waals surface area contributed by atoms with Crippen LogP contribution in [-0.2, 0) is 43.6 Å². The molecule has 4 unspecified atom stereocenters. The monoisotopic (exact) mass is 747 g/mol. The van der Waals surface area contributed by atoms with E-state index in [1.54, 1.807) is 6.07 Å². The highest BCUT2D eigenvalue weighted by atomic mass is 32.5. The van der Waals surface area contributed by atoms with Gasteiger partial charge in [-0.05, 0) is 36.4 Å². The molecule has 3 fully saturated rings. The van der Waals surface area contributed by atoms with Gasteiger partial charge in [-0.25, -0.2) is 19.5 Å². The number of nitrogen functional groups attached to an aromatic ring is 1. The molecule has 0 spiro atoms. The number of nitrogens with zero attached hydrogens (tertiary/aromatic N) is 5. The molecule has 0 radical (unpaired) electrons. The lowest BCUT2D eigenvalue weighted by molar-refractivity contribution is -0.0537. The maximum absolute atomic E-state index is 13.4. The summed E-state index contributed by atoms with van der Waals surface area (Å²) in [5.41, 5.74) is 5.31. The number of nitrogens with two attached hydrogens (primary N) is 1. The van der Waals surface area contributed by atoms with E-state index < -0.39 is 77.7 Å². The molecule has 2 saturated heterocycles. The van der Waals surface area contributed by atoms with Crippen LogP contribution in [0.5, 0.6) is 5.88 Å². The minimum atomic E-state index is -4.71. The molecule has 1 saturated carbocycles. The molecule has 18 nitrogen and oxygen atoms in total. The standard InChI is InChI=1S/C26H39N7O11P2SSi/c1-26(2,3)48(4,5)44-20-17-11-38-45(35,36)42-16-9-15(40-18-6-7-28-12-29-18)8-14(16)10-39-46(37,47)43-21(20)24(41-17)33-13-30-19-22(33)31-25(27)32-23(19)34/h6-7,12-17,20-21,24H,8-11H2,1-5H3,(H,35,36)(H,37,47)(H3,27,31,32,34)/t14?,15-,16+,17-,20?,21-,24-,46?/m1/s1. The van der Waals surface area contributed by atoms with Gasteiger partial charge in [0.1, 0.15) is 30.7 Å². The van der Waals surface area contributed by atoms with Gasteiger partial charge in [0.05, 0.1) is 25.6 Å². The fraction of sp³-hybridized carbons (Fsp3) is 0.654. The first-order valence-electron chi connectivity index (χ1n) is 15.2. The number of imidazole rings is 1. The number of aromatic amines is 1. The van der Waals surface area contributed by atoms with Crippen molar-refractivity contribution in [2.75, 3.05) is 18.9 Å². The molecule has 5 N–H and O–H groups in total. The maximum Gasteiger partial charge on any atom is 0.472 e. The van der Waals surface area contributed by atoms with E-state index in [1.165, 1.54) is 23.4 Å². The van der Waals surface area contributed by atoms with Crippen LogP contribution in [0.25, 0.3) is 11.2 Å². The second kappa shape index (κ2) is 13.2. The number of hydrogen-bond donors (Lipinski definition) is 4. The average Bonchev–Trinajstić information content (AvgIpc) is 3.66. The predicted octanol–water partition coefficient (Wildman–Crippen LogP) is 2.77. The summed E-state index contributed by atoms with van der Waals surface area (Å²) in [7, 11) is -7.34. The Labute approximate surface area is 281 Å².